The Hall–Kier alpha value is -3.31. The molecule has 0 atom stereocenters. The molecule has 0 saturated heterocycles. The van der Waals surface area contributed by atoms with E-state index < -0.39 is 5.97 Å². The van der Waals surface area contributed by atoms with E-state index in [0.29, 0.717) is 19.8 Å². The zero-order valence-corrected chi connectivity index (χ0v) is 15.5. The molecule has 3 rings (SSSR count). The molecule has 3 aromatic carbocycles. The van der Waals surface area contributed by atoms with E-state index in [1.807, 2.05) is 66.7 Å². The highest BCUT2D eigenvalue weighted by Gasteiger charge is 2.08. The summed E-state index contributed by atoms with van der Waals surface area (Å²) in [6.45, 7) is 4.62. The van der Waals surface area contributed by atoms with Crippen molar-refractivity contribution in [2.24, 2.45) is 0 Å². The van der Waals surface area contributed by atoms with E-state index in [1.54, 1.807) is 0 Å². The van der Waals surface area contributed by atoms with Gasteiger partial charge >= 0.3 is 5.97 Å². The second kappa shape index (κ2) is 10.1. The molecule has 0 spiro atoms. The summed E-state index contributed by atoms with van der Waals surface area (Å²) in [5, 5.41) is 1.94. The number of hydrogen-bond donors (Lipinski definition) is 0. The molecule has 0 aliphatic rings. The Bertz CT molecular complexity index is 921. The summed E-state index contributed by atoms with van der Waals surface area (Å²) in [5.74, 6) is 1.86. The molecule has 5 heteroatoms. The third kappa shape index (κ3) is 5.34. The summed E-state index contributed by atoms with van der Waals surface area (Å²) in [4.78, 5) is 10.9. The maximum atomic E-state index is 10.9. The van der Waals surface area contributed by atoms with E-state index in [9.17, 15) is 4.79 Å². The largest absolute Gasteiger partial charge is 0.491 e. The first kappa shape index (κ1) is 19.5. The molecule has 0 saturated carbocycles. The van der Waals surface area contributed by atoms with Gasteiger partial charge in [0.05, 0.1) is 13.2 Å². The molecule has 5 nitrogen and oxygen atoms in total. The fourth-order valence-electron chi connectivity index (χ4n) is 2.66. The van der Waals surface area contributed by atoms with Crippen LogP contribution < -0.4 is 9.47 Å². The Morgan fingerprint density at radius 2 is 1.46 bits per heavy atom. The number of para-hydroxylation sites is 1. The average molecular weight is 378 g/mol. The van der Waals surface area contributed by atoms with E-state index in [-0.39, 0.29) is 6.61 Å². The lowest BCUT2D eigenvalue weighted by atomic mass is 10.1. The highest BCUT2D eigenvalue weighted by Crippen LogP contribution is 2.34. The fraction of sp³-hybridized carbons (Fsp3) is 0.174. The monoisotopic (exact) mass is 378 g/mol. The van der Waals surface area contributed by atoms with Gasteiger partial charge in [0.2, 0.25) is 0 Å². The van der Waals surface area contributed by atoms with Crippen LogP contribution in [0.1, 0.15) is 0 Å². The highest BCUT2D eigenvalue weighted by molar-refractivity contribution is 5.93. The summed E-state index contributed by atoms with van der Waals surface area (Å²) < 4.78 is 22.1. The second-order valence-electron chi connectivity index (χ2n) is 5.85. The van der Waals surface area contributed by atoms with Crippen molar-refractivity contribution in [2.45, 2.75) is 0 Å². The zero-order valence-electron chi connectivity index (χ0n) is 15.5. The van der Waals surface area contributed by atoms with Gasteiger partial charge < -0.3 is 18.9 Å². The fourth-order valence-corrected chi connectivity index (χ4v) is 2.66. The van der Waals surface area contributed by atoms with Crippen LogP contribution in [0.2, 0.25) is 0 Å². The topological polar surface area (TPSA) is 54.0 Å². The number of benzene rings is 3. The van der Waals surface area contributed by atoms with Crippen molar-refractivity contribution in [2.75, 3.05) is 26.4 Å². The summed E-state index contributed by atoms with van der Waals surface area (Å²) in [6, 6.07) is 21.4. The Morgan fingerprint density at radius 3 is 2.21 bits per heavy atom. The number of hydrogen-bond acceptors (Lipinski definition) is 5. The molecule has 0 heterocycles. The van der Waals surface area contributed by atoms with Crippen LogP contribution >= 0.6 is 0 Å². The molecule has 0 fully saturated rings. The van der Waals surface area contributed by atoms with Crippen LogP contribution in [0.15, 0.2) is 79.4 Å². The Balaban J connectivity index is 1.58. The molecule has 0 amide bonds. The van der Waals surface area contributed by atoms with E-state index in [4.69, 9.17) is 18.9 Å². The van der Waals surface area contributed by atoms with Crippen molar-refractivity contribution in [1.29, 1.82) is 0 Å². The summed E-state index contributed by atoms with van der Waals surface area (Å²) >= 11 is 0. The number of rotatable bonds is 10. The van der Waals surface area contributed by atoms with Crippen molar-refractivity contribution in [3.8, 4) is 17.2 Å². The van der Waals surface area contributed by atoms with E-state index in [2.05, 4.69) is 6.58 Å². The number of esters is 1. The lowest BCUT2D eigenvalue weighted by molar-refractivity contribution is -0.139. The predicted octanol–water partition coefficient (Wildman–Crippen LogP) is 4.76. The van der Waals surface area contributed by atoms with E-state index in [0.717, 1.165) is 34.1 Å². The molecule has 0 N–H and O–H groups in total. The van der Waals surface area contributed by atoms with Gasteiger partial charge in [-0.1, -0.05) is 49.0 Å². The van der Waals surface area contributed by atoms with Crippen molar-refractivity contribution in [1.82, 2.24) is 0 Å². The van der Waals surface area contributed by atoms with Gasteiger partial charge in [0.1, 0.15) is 30.5 Å². The molecule has 0 aromatic heterocycles. The quantitative estimate of drug-likeness (QED) is 0.289. The van der Waals surface area contributed by atoms with Gasteiger partial charge in [-0.15, -0.1) is 0 Å². The first-order valence-corrected chi connectivity index (χ1v) is 9.02. The second-order valence-corrected chi connectivity index (χ2v) is 5.85. The Morgan fingerprint density at radius 1 is 0.786 bits per heavy atom. The first-order chi connectivity index (χ1) is 13.8. The number of fused-ring (bicyclic) bond motifs is 1. The third-order valence-electron chi connectivity index (χ3n) is 3.94. The Kier molecular flexibility index (Phi) is 7.04. The molecule has 0 bridgehead atoms. The first-order valence-electron chi connectivity index (χ1n) is 9.02. The summed E-state index contributed by atoms with van der Waals surface area (Å²) in [5.41, 5.74) is 0. The van der Waals surface area contributed by atoms with Gasteiger partial charge in [-0.2, -0.15) is 0 Å². The van der Waals surface area contributed by atoms with Crippen molar-refractivity contribution < 1.29 is 23.7 Å². The van der Waals surface area contributed by atoms with Crippen molar-refractivity contribution >= 4 is 16.7 Å². The third-order valence-corrected chi connectivity index (χ3v) is 3.94. The van der Waals surface area contributed by atoms with Crippen LogP contribution in [0, 0.1) is 0 Å². The minimum absolute atomic E-state index is 0.194. The molecular formula is C23H22O5. The molecule has 0 aliphatic carbocycles. The van der Waals surface area contributed by atoms with Crippen LogP contribution in [0.3, 0.4) is 0 Å². The van der Waals surface area contributed by atoms with Crippen LogP contribution in [0.4, 0.5) is 0 Å². The molecule has 0 unspecified atom stereocenters. The number of carbonyl (C=O) groups excluding carboxylic acids is 1. The van der Waals surface area contributed by atoms with Crippen LogP contribution in [-0.4, -0.2) is 32.4 Å². The van der Waals surface area contributed by atoms with E-state index in [1.165, 1.54) is 0 Å². The van der Waals surface area contributed by atoms with Gasteiger partial charge in [0.15, 0.2) is 0 Å². The molecule has 0 radical (unpaired) electrons. The van der Waals surface area contributed by atoms with Crippen molar-refractivity contribution in [3.63, 3.8) is 0 Å². The SMILES string of the molecule is C=CC(=O)OCCOCCOc1cccc2c(Oc3ccccc3)cccc12. The van der Waals surface area contributed by atoms with E-state index >= 15 is 0 Å². The van der Waals surface area contributed by atoms with Crippen LogP contribution in [0.5, 0.6) is 17.2 Å². The normalized spacial score (nSPS) is 10.4. The molecule has 28 heavy (non-hydrogen) atoms. The molecule has 3 aromatic rings. The maximum Gasteiger partial charge on any atom is 0.330 e. The maximum absolute atomic E-state index is 10.9. The number of ether oxygens (including phenoxy) is 4. The minimum atomic E-state index is -0.455. The average Bonchev–Trinajstić information content (AvgIpc) is 2.74. The van der Waals surface area contributed by atoms with Crippen LogP contribution in [0.25, 0.3) is 10.8 Å². The highest BCUT2D eigenvalue weighted by atomic mass is 16.6. The summed E-state index contributed by atoms with van der Waals surface area (Å²) in [6.07, 6.45) is 1.12. The lowest BCUT2D eigenvalue weighted by Gasteiger charge is -2.13. The smallest absolute Gasteiger partial charge is 0.330 e. The standard InChI is InChI=1S/C23H22O5/c1-2-23(24)27-17-15-25-14-16-26-21-12-6-11-20-19(21)10-7-13-22(20)28-18-8-4-3-5-9-18/h2-13H,1,14-17H2. The zero-order chi connectivity index (χ0) is 19.6. The van der Waals surface area contributed by atoms with Crippen molar-refractivity contribution in [3.05, 3.63) is 79.4 Å². The van der Waals surface area contributed by atoms with Crippen LogP contribution in [-0.2, 0) is 14.3 Å². The molecule has 0 aliphatic heterocycles. The van der Waals surface area contributed by atoms with Gasteiger partial charge in [0.25, 0.3) is 0 Å². The van der Waals surface area contributed by atoms with Gasteiger partial charge in [-0.3, -0.25) is 0 Å². The lowest BCUT2D eigenvalue weighted by Crippen LogP contribution is -2.12. The van der Waals surface area contributed by atoms with Gasteiger partial charge in [0, 0.05) is 16.8 Å². The summed E-state index contributed by atoms with van der Waals surface area (Å²) in [7, 11) is 0. The number of carbonyl (C=O) groups is 1. The van der Waals surface area contributed by atoms with Gasteiger partial charge in [-0.25, -0.2) is 4.79 Å². The molecule has 144 valence electrons. The van der Waals surface area contributed by atoms with Gasteiger partial charge in [-0.05, 0) is 24.3 Å². The Labute approximate surface area is 164 Å². The molecular weight excluding hydrogens is 356 g/mol. The minimum Gasteiger partial charge on any atom is -0.491 e. The predicted molar refractivity (Wildman–Crippen MR) is 108 cm³/mol.